The molecule has 1 saturated carbocycles. The Hall–Kier alpha value is -1.76. The first kappa shape index (κ1) is 14.8. The van der Waals surface area contributed by atoms with Gasteiger partial charge in [0.2, 0.25) is 0 Å². The van der Waals surface area contributed by atoms with Crippen LogP contribution in [0, 0.1) is 6.92 Å². The van der Waals surface area contributed by atoms with Gasteiger partial charge in [0.05, 0.1) is 27.6 Å². The molecular formula is C16H21N5OS. The summed E-state index contributed by atoms with van der Waals surface area (Å²) in [6, 6.07) is 0.377. The molecule has 1 atom stereocenters. The van der Waals surface area contributed by atoms with Crippen molar-refractivity contribution in [3.8, 4) is 0 Å². The van der Waals surface area contributed by atoms with Crippen LogP contribution < -0.4 is 5.56 Å². The molecule has 0 bridgehead atoms. The van der Waals surface area contributed by atoms with Gasteiger partial charge in [-0.1, -0.05) is 24.6 Å². The van der Waals surface area contributed by atoms with Crippen molar-refractivity contribution >= 4 is 22.6 Å². The molecule has 2 aliphatic rings. The maximum atomic E-state index is 12.7. The van der Waals surface area contributed by atoms with Crippen LogP contribution in [-0.2, 0) is 7.05 Å². The van der Waals surface area contributed by atoms with E-state index in [1.54, 1.807) is 11.8 Å². The van der Waals surface area contributed by atoms with E-state index >= 15 is 0 Å². The van der Waals surface area contributed by atoms with Gasteiger partial charge in [-0.15, -0.1) is 0 Å². The summed E-state index contributed by atoms with van der Waals surface area (Å²) < 4.78 is 3.83. The molecule has 0 aromatic carbocycles. The lowest BCUT2D eigenvalue weighted by molar-refractivity contribution is 0.468. The van der Waals surface area contributed by atoms with Crippen molar-refractivity contribution in [1.82, 2.24) is 19.6 Å². The van der Waals surface area contributed by atoms with Crippen molar-refractivity contribution in [1.29, 1.82) is 0 Å². The SMILES string of the molecule is CC1=Nc2c(c(=O)[nH]n2C2CCCC2)C(c2cn(C)nc2C)S1. The minimum Gasteiger partial charge on any atom is -0.275 e. The normalized spacial score (nSPS) is 21.5. The highest BCUT2D eigenvalue weighted by Gasteiger charge is 2.33. The minimum absolute atomic E-state index is 0.0103. The third kappa shape index (κ3) is 2.38. The van der Waals surface area contributed by atoms with E-state index in [1.165, 1.54) is 12.8 Å². The molecule has 0 radical (unpaired) electrons. The maximum Gasteiger partial charge on any atom is 0.271 e. The van der Waals surface area contributed by atoms with E-state index in [-0.39, 0.29) is 10.8 Å². The number of nitrogens with zero attached hydrogens (tertiary/aromatic N) is 4. The number of H-pyrrole nitrogens is 1. The van der Waals surface area contributed by atoms with E-state index < -0.39 is 0 Å². The zero-order valence-electron chi connectivity index (χ0n) is 13.7. The Balaban J connectivity index is 1.87. The van der Waals surface area contributed by atoms with Crippen molar-refractivity contribution in [3.05, 3.63) is 33.4 Å². The van der Waals surface area contributed by atoms with Crippen LogP contribution in [0.25, 0.3) is 0 Å². The van der Waals surface area contributed by atoms with Crippen molar-refractivity contribution < 1.29 is 0 Å². The highest BCUT2D eigenvalue weighted by atomic mass is 32.2. The zero-order valence-corrected chi connectivity index (χ0v) is 14.5. The highest BCUT2D eigenvalue weighted by Crippen LogP contribution is 2.45. The number of fused-ring (bicyclic) bond motifs is 1. The van der Waals surface area contributed by atoms with Gasteiger partial charge in [0, 0.05) is 18.8 Å². The number of rotatable bonds is 2. The highest BCUT2D eigenvalue weighted by molar-refractivity contribution is 8.14. The Labute approximate surface area is 139 Å². The average molecular weight is 331 g/mol. The average Bonchev–Trinajstić information content (AvgIpc) is 3.18. The largest absolute Gasteiger partial charge is 0.275 e. The molecule has 4 rings (SSSR count). The third-order valence-corrected chi connectivity index (χ3v) is 5.93. The number of nitrogens with one attached hydrogen (secondary N) is 1. The topological polar surface area (TPSA) is 68.0 Å². The van der Waals surface area contributed by atoms with Crippen molar-refractivity contribution in [2.24, 2.45) is 12.0 Å². The van der Waals surface area contributed by atoms with Gasteiger partial charge in [0.15, 0.2) is 5.82 Å². The van der Waals surface area contributed by atoms with E-state index in [4.69, 9.17) is 4.99 Å². The van der Waals surface area contributed by atoms with Gasteiger partial charge >= 0.3 is 0 Å². The van der Waals surface area contributed by atoms with Gasteiger partial charge in [0.1, 0.15) is 0 Å². The first-order valence-corrected chi connectivity index (χ1v) is 8.99. The molecule has 23 heavy (non-hydrogen) atoms. The fourth-order valence-electron chi connectivity index (χ4n) is 3.73. The van der Waals surface area contributed by atoms with Crippen LogP contribution in [0.3, 0.4) is 0 Å². The van der Waals surface area contributed by atoms with Crippen LogP contribution in [0.5, 0.6) is 0 Å². The molecule has 3 heterocycles. The maximum absolute atomic E-state index is 12.7. The fraction of sp³-hybridized carbons (Fsp3) is 0.562. The Kier molecular flexibility index (Phi) is 3.48. The number of hydrogen-bond acceptors (Lipinski definition) is 4. The Bertz CT molecular complexity index is 837. The van der Waals surface area contributed by atoms with Gasteiger partial charge in [-0.2, -0.15) is 5.10 Å². The third-order valence-electron chi connectivity index (χ3n) is 4.77. The van der Waals surface area contributed by atoms with Crippen molar-refractivity contribution in [3.63, 3.8) is 0 Å². The standard InChI is InChI=1S/C16H21N5OS/c1-9-12(8-20(3)18-9)14-13-15(17-10(2)23-14)21(19-16(13)22)11-6-4-5-7-11/h8,11,14H,4-7H2,1-3H3,(H,19,22). The summed E-state index contributed by atoms with van der Waals surface area (Å²) in [7, 11) is 1.92. The second kappa shape index (κ2) is 5.40. The molecule has 1 aliphatic carbocycles. The molecular weight excluding hydrogens is 310 g/mol. The Morgan fingerprint density at radius 3 is 2.70 bits per heavy atom. The van der Waals surface area contributed by atoms with Crippen LogP contribution in [0.1, 0.15) is 60.7 Å². The monoisotopic (exact) mass is 331 g/mol. The molecule has 1 unspecified atom stereocenters. The van der Waals surface area contributed by atoms with Gasteiger partial charge in [-0.25, -0.2) is 4.99 Å². The van der Waals surface area contributed by atoms with Gasteiger partial charge in [-0.05, 0) is 26.7 Å². The van der Waals surface area contributed by atoms with E-state index in [1.807, 2.05) is 36.5 Å². The molecule has 7 heteroatoms. The lowest BCUT2D eigenvalue weighted by Gasteiger charge is -2.21. The molecule has 122 valence electrons. The lowest BCUT2D eigenvalue weighted by atomic mass is 10.1. The number of aliphatic imine (C=N–C) groups is 1. The molecule has 1 aliphatic heterocycles. The summed E-state index contributed by atoms with van der Waals surface area (Å²) in [4.78, 5) is 17.4. The van der Waals surface area contributed by atoms with Crippen molar-refractivity contribution in [2.75, 3.05) is 0 Å². The second-order valence-electron chi connectivity index (χ2n) is 6.46. The molecule has 1 N–H and O–H groups in total. The first-order chi connectivity index (χ1) is 11.0. The van der Waals surface area contributed by atoms with Crippen LogP contribution in [0.4, 0.5) is 5.82 Å². The summed E-state index contributed by atoms with van der Waals surface area (Å²) in [5.74, 6) is 0.825. The summed E-state index contributed by atoms with van der Waals surface area (Å²) in [5, 5.41) is 8.47. The minimum atomic E-state index is -0.0254. The zero-order chi connectivity index (χ0) is 16.1. The Morgan fingerprint density at radius 2 is 2.04 bits per heavy atom. The van der Waals surface area contributed by atoms with Crippen LogP contribution in [-0.4, -0.2) is 24.6 Å². The quantitative estimate of drug-likeness (QED) is 0.918. The van der Waals surface area contributed by atoms with Crippen LogP contribution in [0.15, 0.2) is 16.0 Å². The summed E-state index contributed by atoms with van der Waals surface area (Å²) in [5.41, 5.74) is 2.84. The number of thioether (sulfide) groups is 1. The number of aryl methyl sites for hydroxylation is 2. The Morgan fingerprint density at radius 1 is 1.30 bits per heavy atom. The smallest absolute Gasteiger partial charge is 0.271 e. The fourth-order valence-corrected chi connectivity index (χ4v) is 4.90. The van der Waals surface area contributed by atoms with Crippen LogP contribution in [0.2, 0.25) is 0 Å². The van der Waals surface area contributed by atoms with Gasteiger partial charge in [0.25, 0.3) is 5.56 Å². The number of aromatic nitrogens is 4. The van der Waals surface area contributed by atoms with Crippen molar-refractivity contribution in [2.45, 2.75) is 50.8 Å². The summed E-state index contributed by atoms with van der Waals surface area (Å²) in [6.45, 7) is 4.02. The van der Waals surface area contributed by atoms with E-state index in [0.29, 0.717) is 6.04 Å². The van der Waals surface area contributed by atoms with Crippen LogP contribution >= 0.6 is 11.8 Å². The van der Waals surface area contributed by atoms with E-state index in [0.717, 1.165) is 40.5 Å². The molecule has 2 aromatic rings. The predicted octanol–water partition coefficient (Wildman–Crippen LogP) is 3.22. The summed E-state index contributed by atoms with van der Waals surface area (Å²) >= 11 is 1.64. The molecule has 0 saturated heterocycles. The molecule has 2 aromatic heterocycles. The molecule has 1 fully saturated rings. The van der Waals surface area contributed by atoms with E-state index in [2.05, 4.69) is 10.2 Å². The molecule has 0 amide bonds. The number of hydrogen-bond donors (Lipinski definition) is 1. The predicted molar refractivity (Wildman–Crippen MR) is 92.7 cm³/mol. The van der Waals surface area contributed by atoms with Gasteiger partial charge in [-0.3, -0.25) is 19.3 Å². The molecule has 0 spiro atoms. The number of aromatic amines is 1. The summed E-state index contributed by atoms with van der Waals surface area (Å²) in [6.07, 6.45) is 6.71. The first-order valence-electron chi connectivity index (χ1n) is 8.11. The lowest BCUT2D eigenvalue weighted by Crippen LogP contribution is -2.13. The van der Waals surface area contributed by atoms with Gasteiger partial charge < -0.3 is 0 Å². The molecule has 6 nitrogen and oxygen atoms in total. The second-order valence-corrected chi connectivity index (χ2v) is 7.76. The van der Waals surface area contributed by atoms with E-state index in [9.17, 15) is 4.79 Å².